The smallest absolute Gasteiger partial charge is 0.336 e. The molecule has 6 nitrogen and oxygen atoms in total. The molecule has 2 aromatic heterocycles. The number of aromatic nitrogens is 1. The van der Waals surface area contributed by atoms with Gasteiger partial charge in [-0.05, 0) is 80.2 Å². The Bertz CT molecular complexity index is 1310. The predicted octanol–water partition coefficient (Wildman–Crippen LogP) is 4.68. The minimum atomic E-state index is -0.376. The summed E-state index contributed by atoms with van der Waals surface area (Å²) in [5.41, 5.74) is 4.14. The van der Waals surface area contributed by atoms with Gasteiger partial charge in [0.05, 0.1) is 7.11 Å². The fourth-order valence-electron chi connectivity index (χ4n) is 4.78. The highest BCUT2D eigenvalue weighted by Gasteiger charge is 2.24. The predicted molar refractivity (Wildman–Crippen MR) is 121 cm³/mol. The van der Waals surface area contributed by atoms with Crippen LogP contribution in [0.5, 0.6) is 11.5 Å². The number of piperidine rings is 1. The van der Waals surface area contributed by atoms with Crippen LogP contribution in [0.25, 0.3) is 21.9 Å². The maximum atomic E-state index is 12.1. The van der Waals surface area contributed by atoms with Gasteiger partial charge in [0.1, 0.15) is 17.1 Å². The number of ether oxygens (including phenoxy) is 1. The summed E-state index contributed by atoms with van der Waals surface area (Å²) >= 11 is 0. The number of aromatic amines is 1. The van der Waals surface area contributed by atoms with Crippen LogP contribution in [0.3, 0.4) is 0 Å². The number of phenolic OH excluding ortho intramolecular Hbond substituents is 1. The summed E-state index contributed by atoms with van der Waals surface area (Å²) in [6.45, 7) is 4.38. The summed E-state index contributed by atoms with van der Waals surface area (Å²) in [7, 11) is 1.70. The monoisotopic (exact) mass is 418 g/mol. The molecule has 6 heteroatoms. The lowest BCUT2D eigenvalue weighted by Gasteiger charge is -2.32. The van der Waals surface area contributed by atoms with Crippen molar-refractivity contribution >= 4 is 21.9 Å². The van der Waals surface area contributed by atoms with E-state index in [1.807, 2.05) is 12.1 Å². The number of benzene rings is 2. The number of phenols is 1. The normalized spacial score (nSPS) is 15.7. The average molecular weight is 418 g/mol. The topological polar surface area (TPSA) is 78.7 Å². The summed E-state index contributed by atoms with van der Waals surface area (Å²) in [6.07, 6.45) is 4.25. The summed E-state index contributed by atoms with van der Waals surface area (Å²) < 4.78 is 10.8. The van der Waals surface area contributed by atoms with Gasteiger partial charge in [0, 0.05) is 40.7 Å². The van der Waals surface area contributed by atoms with Crippen molar-refractivity contribution in [2.45, 2.75) is 32.2 Å². The number of aromatic hydroxyl groups is 1. The van der Waals surface area contributed by atoms with E-state index in [9.17, 15) is 9.90 Å². The zero-order valence-electron chi connectivity index (χ0n) is 17.8. The Morgan fingerprint density at radius 2 is 1.97 bits per heavy atom. The number of hydrogen-bond donors (Lipinski definition) is 2. The Morgan fingerprint density at radius 1 is 1.16 bits per heavy atom. The Balaban J connectivity index is 1.35. The van der Waals surface area contributed by atoms with E-state index in [2.05, 4.69) is 28.2 Å². The molecule has 0 radical (unpaired) electrons. The van der Waals surface area contributed by atoms with Crippen molar-refractivity contribution in [3.63, 3.8) is 0 Å². The molecule has 2 N–H and O–H groups in total. The Kier molecular flexibility index (Phi) is 4.94. The summed E-state index contributed by atoms with van der Waals surface area (Å²) in [6, 6.07) is 11.2. The van der Waals surface area contributed by atoms with Crippen molar-refractivity contribution in [3.05, 3.63) is 69.7 Å². The van der Waals surface area contributed by atoms with E-state index in [4.69, 9.17) is 9.15 Å². The summed E-state index contributed by atoms with van der Waals surface area (Å²) in [5, 5.41) is 12.1. The zero-order valence-corrected chi connectivity index (χ0v) is 17.8. The number of H-pyrrole nitrogens is 1. The molecule has 160 valence electrons. The second-order valence-electron chi connectivity index (χ2n) is 8.38. The van der Waals surface area contributed by atoms with Gasteiger partial charge in [-0.2, -0.15) is 0 Å². The second kappa shape index (κ2) is 7.78. The van der Waals surface area contributed by atoms with Gasteiger partial charge in [-0.3, -0.25) is 4.90 Å². The highest BCUT2D eigenvalue weighted by molar-refractivity contribution is 5.85. The molecule has 0 atom stereocenters. The van der Waals surface area contributed by atoms with Crippen LogP contribution in [0, 0.1) is 6.92 Å². The van der Waals surface area contributed by atoms with Crippen molar-refractivity contribution < 1.29 is 14.3 Å². The van der Waals surface area contributed by atoms with Gasteiger partial charge in [-0.15, -0.1) is 0 Å². The Morgan fingerprint density at radius 3 is 2.74 bits per heavy atom. The SMILES string of the molecule is COc1ccc2[nH]cc(C3CCN(Cc4cc(=O)oc5c(C)c(O)ccc45)CC3)c2c1. The molecule has 1 fully saturated rings. The number of hydrogen-bond acceptors (Lipinski definition) is 5. The first kappa shape index (κ1) is 19.7. The van der Waals surface area contributed by atoms with E-state index in [1.54, 1.807) is 26.2 Å². The lowest BCUT2D eigenvalue weighted by Crippen LogP contribution is -2.32. The van der Waals surface area contributed by atoms with Crippen molar-refractivity contribution in [3.8, 4) is 11.5 Å². The lowest BCUT2D eigenvalue weighted by atomic mass is 9.89. The highest BCUT2D eigenvalue weighted by Crippen LogP contribution is 2.35. The first-order valence-electron chi connectivity index (χ1n) is 10.7. The van der Waals surface area contributed by atoms with Gasteiger partial charge in [0.25, 0.3) is 0 Å². The van der Waals surface area contributed by atoms with Crippen LogP contribution in [0.15, 0.2) is 51.8 Å². The van der Waals surface area contributed by atoms with Crippen LogP contribution in [0.1, 0.15) is 35.4 Å². The largest absolute Gasteiger partial charge is 0.508 e. The molecule has 0 saturated carbocycles. The molecule has 4 aromatic rings. The molecule has 0 amide bonds. The van der Waals surface area contributed by atoms with Crippen molar-refractivity contribution in [2.24, 2.45) is 0 Å². The van der Waals surface area contributed by atoms with E-state index < -0.39 is 0 Å². The van der Waals surface area contributed by atoms with E-state index >= 15 is 0 Å². The molecule has 3 heterocycles. The van der Waals surface area contributed by atoms with E-state index in [0.29, 0.717) is 23.6 Å². The third-order valence-electron chi connectivity index (χ3n) is 6.56. The number of methoxy groups -OCH3 is 1. The number of rotatable bonds is 4. The molecule has 1 aliphatic rings. The third-order valence-corrected chi connectivity index (χ3v) is 6.56. The molecule has 1 saturated heterocycles. The van der Waals surface area contributed by atoms with Crippen LogP contribution in [-0.2, 0) is 6.54 Å². The molecule has 0 bridgehead atoms. The number of aryl methyl sites for hydroxylation is 1. The van der Waals surface area contributed by atoms with Gasteiger partial charge in [0.15, 0.2) is 0 Å². The minimum Gasteiger partial charge on any atom is -0.508 e. The zero-order chi connectivity index (χ0) is 21.5. The number of likely N-dealkylation sites (tertiary alicyclic amines) is 1. The van der Waals surface area contributed by atoms with Crippen LogP contribution >= 0.6 is 0 Å². The van der Waals surface area contributed by atoms with E-state index in [0.717, 1.165) is 48.1 Å². The Labute approximate surface area is 180 Å². The van der Waals surface area contributed by atoms with Gasteiger partial charge in [-0.25, -0.2) is 4.79 Å². The maximum Gasteiger partial charge on any atom is 0.336 e. The molecule has 0 unspecified atom stereocenters. The lowest BCUT2D eigenvalue weighted by molar-refractivity contribution is 0.205. The molecular weight excluding hydrogens is 392 g/mol. The van der Waals surface area contributed by atoms with Crippen molar-refractivity contribution in [1.29, 1.82) is 0 Å². The van der Waals surface area contributed by atoms with E-state index in [1.165, 1.54) is 10.9 Å². The number of nitrogens with one attached hydrogen (secondary N) is 1. The van der Waals surface area contributed by atoms with Gasteiger partial charge < -0.3 is 19.2 Å². The minimum absolute atomic E-state index is 0.143. The highest BCUT2D eigenvalue weighted by atomic mass is 16.5. The quantitative estimate of drug-likeness (QED) is 0.471. The average Bonchev–Trinajstić information content (AvgIpc) is 3.20. The third kappa shape index (κ3) is 3.57. The van der Waals surface area contributed by atoms with Crippen LogP contribution in [0.2, 0.25) is 0 Å². The van der Waals surface area contributed by atoms with Gasteiger partial charge in [0.2, 0.25) is 0 Å². The first-order chi connectivity index (χ1) is 15.0. The molecular formula is C25H26N2O4. The van der Waals surface area contributed by atoms with Crippen LogP contribution in [0.4, 0.5) is 0 Å². The van der Waals surface area contributed by atoms with Crippen molar-refractivity contribution in [2.75, 3.05) is 20.2 Å². The fraction of sp³-hybridized carbons (Fsp3) is 0.320. The molecule has 2 aromatic carbocycles. The summed E-state index contributed by atoms with van der Waals surface area (Å²) in [4.78, 5) is 17.9. The fourth-order valence-corrected chi connectivity index (χ4v) is 4.78. The van der Waals surface area contributed by atoms with Crippen LogP contribution < -0.4 is 10.4 Å². The van der Waals surface area contributed by atoms with Crippen molar-refractivity contribution in [1.82, 2.24) is 9.88 Å². The maximum absolute atomic E-state index is 12.1. The second-order valence-corrected chi connectivity index (χ2v) is 8.38. The standard InChI is InChI=1S/C25H26N2O4/c1-15-23(28)6-4-19-17(11-24(29)31-25(15)19)14-27-9-7-16(8-10-27)21-13-26-22-5-3-18(30-2)12-20(21)22/h3-6,11-13,16,26,28H,7-10,14H2,1-2H3. The molecule has 0 spiro atoms. The van der Waals surface area contributed by atoms with Gasteiger partial charge in [-0.1, -0.05) is 0 Å². The number of nitrogens with zero attached hydrogens (tertiary/aromatic N) is 1. The molecule has 5 rings (SSSR count). The van der Waals surface area contributed by atoms with Gasteiger partial charge >= 0.3 is 5.63 Å². The van der Waals surface area contributed by atoms with E-state index in [-0.39, 0.29) is 11.4 Å². The molecule has 31 heavy (non-hydrogen) atoms. The van der Waals surface area contributed by atoms with Crippen LogP contribution in [-0.4, -0.2) is 35.2 Å². The first-order valence-corrected chi connectivity index (χ1v) is 10.7. The molecule has 1 aliphatic heterocycles. The Hall–Kier alpha value is -3.25. The molecule has 0 aliphatic carbocycles. The number of fused-ring (bicyclic) bond motifs is 2. The summed E-state index contributed by atoms with van der Waals surface area (Å²) in [5.74, 6) is 1.51.